The summed E-state index contributed by atoms with van der Waals surface area (Å²) in [6.45, 7) is 1.88. The number of anilines is 2. The number of nitrogens with one attached hydrogen (secondary N) is 1. The van der Waals surface area contributed by atoms with Gasteiger partial charge in [-0.2, -0.15) is 0 Å². The topological polar surface area (TPSA) is 35.5 Å². The van der Waals surface area contributed by atoms with Gasteiger partial charge in [-0.15, -0.1) is 0 Å². The van der Waals surface area contributed by atoms with Crippen LogP contribution in [0.4, 0.5) is 15.8 Å². The molecule has 1 atom stereocenters. The maximum Gasteiger partial charge on any atom is 0.132 e. The maximum absolute atomic E-state index is 13.9. The molecule has 0 aliphatic rings. The van der Waals surface area contributed by atoms with Crippen molar-refractivity contribution in [3.8, 4) is 5.75 Å². The van der Waals surface area contributed by atoms with Gasteiger partial charge in [0.1, 0.15) is 11.6 Å². The lowest BCUT2D eigenvalue weighted by Crippen LogP contribution is -2.14. The fourth-order valence-corrected chi connectivity index (χ4v) is 2.55. The minimum Gasteiger partial charge on any atom is -0.508 e. The molecule has 2 aromatic carbocycles. The zero-order chi connectivity index (χ0) is 15.6. The highest BCUT2D eigenvalue weighted by atomic mass is 79.9. The molecule has 112 valence electrons. The number of phenols is 1. The summed E-state index contributed by atoms with van der Waals surface area (Å²) in [6.07, 6.45) is 0. The van der Waals surface area contributed by atoms with Gasteiger partial charge in [0.2, 0.25) is 0 Å². The highest BCUT2D eigenvalue weighted by molar-refractivity contribution is 9.10. The Labute approximate surface area is 132 Å². The molecule has 5 heteroatoms. The zero-order valence-corrected chi connectivity index (χ0v) is 13.8. The average molecular weight is 353 g/mol. The molecule has 2 aromatic rings. The molecular formula is C16H18BrFN2O. The third kappa shape index (κ3) is 3.67. The average Bonchev–Trinajstić information content (AvgIpc) is 2.37. The second kappa shape index (κ2) is 6.35. The molecule has 0 aromatic heterocycles. The fourth-order valence-electron chi connectivity index (χ4n) is 2.19. The summed E-state index contributed by atoms with van der Waals surface area (Å²) in [7, 11) is 3.92. The van der Waals surface area contributed by atoms with E-state index in [2.05, 4.69) is 21.2 Å². The Hall–Kier alpha value is -1.75. The molecule has 0 fully saturated rings. The molecule has 1 unspecified atom stereocenters. The van der Waals surface area contributed by atoms with Crippen LogP contribution in [0.1, 0.15) is 18.5 Å². The lowest BCUT2D eigenvalue weighted by molar-refractivity contribution is 0.467. The van der Waals surface area contributed by atoms with Gasteiger partial charge in [0.05, 0.1) is 17.4 Å². The van der Waals surface area contributed by atoms with Gasteiger partial charge in [-0.05, 0) is 31.2 Å². The number of aromatic hydroxyl groups is 1. The van der Waals surface area contributed by atoms with Gasteiger partial charge in [-0.25, -0.2) is 4.39 Å². The third-order valence-electron chi connectivity index (χ3n) is 3.26. The summed E-state index contributed by atoms with van der Waals surface area (Å²) in [5, 5.41) is 12.6. The number of hydrogen-bond donors (Lipinski definition) is 2. The number of phenolic OH excluding ortho intramolecular Hbond substituents is 1. The third-order valence-corrected chi connectivity index (χ3v) is 3.76. The van der Waals surface area contributed by atoms with Crippen LogP contribution in [-0.2, 0) is 0 Å². The first kappa shape index (κ1) is 15.6. The second-order valence-corrected chi connectivity index (χ2v) is 6.04. The molecule has 0 saturated carbocycles. The van der Waals surface area contributed by atoms with Gasteiger partial charge in [-0.3, -0.25) is 0 Å². The van der Waals surface area contributed by atoms with Crippen molar-refractivity contribution in [2.24, 2.45) is 0 Å². The molecule has 0 radical (unpaired) electrons. The fraction of sp³-hybridized carbons (Fsp3) is 0.250. The Kier molecular flexibility index (Phi) is 4.73. The summed E-state index contributed by atoms with van der Waals surface area (Å²) < 4.78 is 14.9. The lowest BCUT2D eigenvalue weighted by atomic mass is 10.1. The molecule has 0 bridgehead atoms. The molecule has 2 N–H and O–H groups in total. The van der Waals surface area contributed by atoms with Gasteiger partial charge >= 0.3 is 0 Å². The quantitative estimate of drug-likeness (QED) is 0.848. The number of benzene rings is 2. The first-order valence-corrected chi connectivity index (χ1v) is 7.39. The van der Waals surface area contributed by atoms with E-state index in [9.17, 15) is 9.50 Å². The number of nitrogens with zero attached hydrogens (tertiary/aromatic N) is 1. The van der Waals surface area contributed by atoms with Crippen LogP contribution in [-0.4, -0.2) is 19.2 Å². The molecule has 0 spiro atoms. The van der Waals surface area contributed by atoms with E-state index >= 15 is 0 Å². The largest absolute Gasteiger partial charge is 0.508 e. The van der Waals surface area contributed by atoms with E-state index in [0.717, 1.165) is 21.9 Å². The van der Waals surface area contributed by atoms with Crippen molar-refractivity contribution in [2.45, 2.75) is 13.0 Å². The van der Waals surface area contributed by atoms with E-state index in [0.29, 0.717) is 5.56 Å². The van der Waals surface area contributed by atoms with Gasteiger partial charge in [0.15, 0.2) is 0 Å². The van der Waals surface area contributed by atoms with Crippen molar-refractivity contribution < 1.29 is 9.50 Å². The van der Waals surface area contributed by atoms with Crippen molar-refractivity contribution in [2.75, 3.05) is 24.3 Å². The molecule has 0 aliphatic heterocycles. The van der Waals surface area contributed by atoms with E-state index in [1.165, 1.54) is 6.07 Å². The van der Waals surface area contributed by atoms with Crippen LogP contribution in [0, 0.1) is 5.82 Å². The van der Waals surface area contributed by atoms with Gasteiger partial charge < -0.3 is 15.3 Å². The van der Waals surface area contributed by atoms with Crippen LogP contribution >= 0.6 is 15.9 Å². The standard InChI is InChI=1S/C16H18BrFN2O/c1-10(13-6-5-12(21)9-14(13)18)19-15-8-11(17)4-7-16(15)20(2)3/h4-10,19,21H,1-3H3. The summed E-state index contributed by atoms with van der Waals surface area (Å²) in [4.78, 5) is 1.99. The number of rotatable bonds is 4. The van der Waals surface area contributed by atoms with Crippen molar-refractivity contribution in [3.05, 3.63) is 52.3 Å². The molecule has 21 heavy (non-hydrogen) atoms. The normalized spacial score (nSPS) is 12.0. The number of hydrogen-bond acceptors (Lipinski definition) is 3. The van der Waals surface area contributed by atoms with Gasteiger partial charge in [-0.1, -0.05) is 22.0 Å². The van der Waals surface area contributed by atoms with Crippen LogP contribution in [0.25, 0.3) is 0 Å². The van der Waals surface area contributed by atoms with Crippen LogP contribution < -0.4 is 10.2 Å². The summed E-state index contributed by atoms with van der Waals surface area (Å²) >= 11 is 3.45. The van der Waals surface area contributed by atoms with Crippen molar-refractivity contribution in [1.82, 2.24) is 0 Å². The van der Waals surface area contributed by atoms with Gasteiger partial charge in [0, 0.05) is 30.2 Å². The van der Waals surface area contributed by atoms with Crippen molar-refractivity contribution >= 4 is 27.3 Å². The zero-order valence-electron chi connectivity index (χ0n) is 12.2. The van der Waals surface area contributed by atoms with E-state index < -0.39 is 5.82 Å². The Morgan fingerprint density at radius 2 is 1.90 bits per heavy atom. The lowest BCUT2D eigenvalue weighted by Gasteiger charge is -2.23. The summed E-state index contributed by atoms with van der Waals surface area (Å²) in [5.41, 5.74) is 2.44. The Morgan fingerprint density at radius 1 is 1.19 bits per heavy atom. The van der Waals surface area contributed by atoms with Crippen LogP contribution in [0.5, 0.6) is 5.75 Å². The predicted octanol–water partition coefficient (Wildman–Crippen LogP) is 4.53. The molecule has 0 heterocycles. The highest BCUT2D eigenvalue weighted by Crippen LogP contribution is 2.32. The van der Waals surface area contributed by atoms with E-state index in [1.54, 1.807) is 6.07 Å². The molecule has 0 aliphatic carbocycles. The van der Waals surface area contributed by atoms with Gasteiger partial charge in [0.25, 0.3) is 0 Å². The van der Waals surface area contributed by atoms with E-state index in [-0.39, 0.29) is 11.8 Å². The first-order valence-electron chi connectivity index (χ1n) is 6.60. The molecule has 0 saturated heterocycles. The highest BCUT2D eigenvalue weighted by Gasteiger charge is 2.14. The van der Waals surface area contributed by atoms with Crippen molar-refractivity contribution in [3.63, 3.8) is 0 Å². The Morgan fingerprint density at radius 3 is 2.52 bits per heavy atom. The Bertz CT molecular complexity index is 646. The van der Waals surface area contributed by atoms with Crippen LogP contribution in [0.2, 0.25) is 0 Å². The number of halogens is 2. The summed E-state index contributed by atoms with van der Waals surface area (Å²) in [6, 6.07) is 9.91. The van der Waals surface area contributed by atoms with Crippen LogP contribution in [0.3, 0.4) is 0 Å². The SMILES string of the molecule is CC(Nc1cc(Br)ccc1N(C)C)c1ccc(O)cc1F. The van der Waals surface area contributed by atoms with Crippen molar-refractivity contribution in [1.29, 1.82) is 0 Å². The molecular weight excluding hydrogens is 335 g/mol. The monoisotopic (exact) mass is 352 g/mol. The Balaban J connectivity index is 2.31. The van der Waals surface area contributed by atoms with E-state index in [4.69, 9.17) is 0 Å². The second-order valence-electron chi connectivity index (χ2n) is 5.13. The molecule has 0 amide bonds. The van der Waals surface area contributed by atoms with Crippen LogP contribution in [0.15, 0.2) is 40.9 Å². The first-order chi connectivity index (χ1) is 9.88. The maximum atomic E-state index is 13.9. The smallest absolute Gasteiger partial charge is 0.132 e. The van der Waals surface area contributed by atoms with E-state index in [1.807, 2.05) is 44.1 Å². The minimum atomic E-state index is -0.420. The molecule has 3 nitrogen and oxygen atoms in total. The predicted molar refractivity (Wildman–Crippen MR) is 88.6 cm³/mol. The minimum absolute atomic E-state index is 0.0695. The molecule has 2 rings (SSSR count). The summed E-state index contributed by atoms with van der Waals surface area (Å²) in [5.74, 6) is -0.490.